The van der Waals surface area contributed by atoms with Gasteiger partial charge in [0, 0.05) is 12.2 Å². The molecule has 1 aliphatic rings. The minimum absolute atomic E-state index is 0.0672. The summed E-state index contributed by atoms with van der Waals surface area (Å²) in [5.74, 6) is 0.0900. The number of ether oxygens (including phenoxy) is 1. The molecule has 0 radical (unpaired) electrons. The van der Waals surface area contributed by atoms with Gasteiger partial charge >= 0.3 is 5.69 Å². The number of benzene rings is 1. The van der Waals surface area contributed by atoms with E-state index >= 15 is 0 Å². The Balaban J connectivity index is 1.91. The number of nitrogens with zero attached hydrogens (tertiary/aromatic N) is 2. The van der Waals surface area contributed by atoms with Crippen molar-refractivity contribution in [1.82, 2.24) is 14.5 Å². The van der Waals surface area contributed by atoms with E-state index < -0.39 is 11.2 Å². The SMILES string of the molecule is O=c1[nH]c(=O)n(CC2CCCO2)c2nc(-c3ccccc3O)ccc12. The summed E-state index contributed by atoms with van der Waals surface area (Å²) in [6.45, 7) is 1.01. The van der Waals surface area contributed by atoms with Gasteiger partial charge in [0.25, 0.3) is 5.56 Å². The Labute approximate surface area is 142 Å². The van der Waals surface area contributed by atoms with Gasteiger partial charge < -0.3 is 9.84 Å². The van der Waals surface area contributed by atoms with E-state index in [0.29, 0.717) is 35.4 Å². The third kappa shape index (κ3) is 2.83. The number of phenolic OH excluding ortho intramolecular Hbond substituents is 1. The maximum absolute atomic E-state index is 12.3. The van der Waals surface area contributed by atoms with E-state index in [1.807, 2.05) is 0 Å². The van der Waals surface area contributed by atoms with Crippen LogP contribution in [0.1, 0.15) is 12.8 Å². The molecule has 0 amide bonds. The van der Waals surface area contributed by atoms with Crippen molar-refractivity contribution in [2.75, 3.05) is 6.61 Å². The van der Waals surface area contributed by atoms with Gasteiger partial charge in [0.1, 0.15) is 11.4 Å². The number of aromatic amines is 1. The first-order valence-corrected chi connectivity index (χ1v) is 8.17. The molecule has 3 heterocycles. The Morgan fingerprint density at radius 3 is 2.84 bits per heavy atom. The first-order valence-electron chi connectivity index (χ1n) is 8.17. The van der Waals surface area contributed by atoms with Gasteiger partial charge in [0.05, 0.1) is 23.7 Å². The first kappa shape index (κ1) is 15.6. The number of rotatable bonds is 3. The zero-order valence-electron chi connectivity index (χ0n) is 13.4. The fraction of sp³-hybridized carbons (Fsp3) is 0.278. The van der Waals surface area contributed by atoms with Crippen LogP contribution in [0.3, 0.4) is 0 Å². The molecule has 0 bridgehead atoms. The minimum Gasteiger partial charge on any atom is -0.507 e. The normalized spacial score (nSPS) is 17.2. The lowest BCUT2D eigenvalue weighted by atomic mass is 10.1. The molecule has 4 rings (SSSR count). The second-order valence-corrected chi connectivity index (χ2v) is 6.09. The Bertz CT molecular complexity index is 1050. The van der Waals surface area contributed by atoms with Crippen molar-refractivity contribution < 1.29 is 9.84 Å². The maximum atomic E-state index is 12.3. The predicted molar refractivity (Wildman–Crippen MR) is 92.7 cm³/mol. The Morgan fingerprint density at radius 1 is 1.24 bits per heavy atom. The summed E-state index contributed by atoms with van der Waals surface area (Å²) in [7, 11) is 0. The largest absolute Gasteiger partial charge is 0.507 e. The van der Waals surface area contributed by atoms with Crippen LogP contribution in [-0.2, 0) is 11.3 Å². The van der Waals surface area contributed by atoms with Crippen molar-refractivity contribution in [1.29, 1.82) is 0 Å². The lowest BCUT2D eigenvalue weighted by Crippen LogP contribution is -2.34. The molecule has 25 heavy (non-hydrogen) atoms. The Hall–Kier alpha value is -2.93. The molecule has 1 aliphatic heterocycles. The number of fused-ring (bicyclic) bond motifs is 1. The zero-order chi connectivity index (χ0) is 17.4. The van der Waals surface area contributed by atoms with Crippen LogP contribution in [0.4, 0.5) is 0 Å². The fourth-order valence-electron chi connectivity index (χ4n) is 3.16. The molecule has 128 valence electrons. The van der Waals surface area contributed by atoms with Crippen LogP contribution in [0.25, 0.3) is 22.3 Å². The van der Waals surface area contributed by atoms with Crippen LogP contribution < -0.4 is 11.2 Å². The third-order valence-corrected chi connectivity index (χ3v) is 4.43. The number of para-hydroxylation sites is 1. The average molecular weight is 339 g/mol. The van der Waals surface area contributed by atoms with Gasteiger partial charge in [-0.15, -0.1) is 0 Å². The molecule has 3 aromatic rings. The third-order valence-electron chi connectivity index (χ3n) is 4.43. The van der Waals surface area contributed by atoms with Crippen LogP contribution in [0.15, 0.2) is 46.0 Å². The topological polar surface area (TPSA) is 97.2 Å². The number of nitrogens with one attached hydrogen (secondary N) is 1. The monoisotopic (exact) mass is 339 g/mol. The van der Waals surface area contributed by atoms with E-state index in [1.54, 1.807) is 36.4 Å². The number of pyridine rings is 1. The lowest BCUT2D eigenvalue weighted by Gasteiger charge is -2.14. The summed E-state index contributed by atoms with van der Waals surface area (Å²) in [6, 6.07) is 10.1. The quantitative estimate of drug-likeness (QED) is 0.756. The van der Waals surface area contributed by atoms with Gasteiger partial charge in [-0.05, 0) is 37.1 Å². The summed E-state index contributed by atoms with van der Waals surface area (Å²) in [4.78, 5) is 31.3. The van der Waals surface area contributed by atoms with Crippen LogP contribution in [-0.4, -0.2) is 32.4 Å². The highest BCUT2D eigenvalue weighted by atomic mass is 16.5. The van der Waals surface area contributed by atoms with Crippen LogP contribution in [0.5, 0.6) is 5.75 Å². The van der Waals surface area contributed by atoms with Crippen molar-refractivity contribution in [2.24, 2.45) is 0 Å². The van der Waals surface area contributed by atoms with Crippen LogP contribution >= 0.6 is 0 Å². The molecule has 2 N–H and O–H groups in total. The van der Waals surface area contributed by atoms with Gasteiger partial charge in [-0.25, -0.2) is 9.78 Å². The van der Waals surface area contributed by atoms with Gasteiger partial charge in [0.15, 0.2) is 0 Å². The lowest BCUT2D eigenvalue weighted by molar-refractivity contribution is 0.0967. The molecule has 1 fully saturated rings. The number of hydrogen-bond acceptors (Lipinski definition) is 5. The Morgan fingerprint density at radius 2 is 2.08 bits per heavy atom. The molecular weight excluding hydrogens is 322 g/mol. The van der Waals surface area contributed by atoms with Gasteiger partial charge in [-0.2, -0.15) is 0 Å². The van der Waals surface area contributed by atoms with Gasteiger partial charge in [-0.3, -0.25) is 14.3 Å². The van der Waals surface area contributed by atoms with Gasteiger partial charge in [0.2, 0.25) is 0 Å². The van der Waals surface area contributed by atoms with E-state index in [2.05, 4.69) is 9.97 Å². The van der Waals surface area contributed by atoms with Crippen molar-refractivity contribution in [3.63, 3.8) is 0 Å². The number of hydrogen-bond donors (Lipinski definition) is 2. The van der Waals surface area contributed by atoms with E-state index in [1.165, 1.54) is 4.57 Å². The van der Waals surface area contributed by atoms with Crippen molar-refractivity contribution in [3.8, 4) is 17.0 Å². The first-order chi connectivity index (χ1) is 12.1. The highest BCUT2D eigenvalue weighted by Gasteiger charge is 2.19. The van der Waals surface area contributed by atoms with Crippen molar-refractivity contribution in [2.45, 2.75) is 25.5 Å². The van der Waals surface area contributed by atoms with Crippen molar-refractivity contribution >= 4 is 11.0 Å². The fourth-order valence-corrected chi connectivity index (χ4v) is 3.16. The minimum atomic E-state index is -0.505. The van der Waals surface area contributed by atoms with Crippen LogP contribution in [0.2, 0.25) is 0 Å². The van der Waals surface area contributed by atoms with Gasteiger partial charge in [-0.1, -0.05) is 12.1 Å². The van der Waals surface area contributed by atoms with E-state index in [4.69, 9.17) is 4.74 Å². The molecule has 7 nitrogen and oxygen atoms in total. The Kier molecular flexibility index (Phi) is 3.85. The molecule has 1 unspecified atom stereocenters. The average Bonchev–Trinajstić information content (AvgIpc) is 3.12. The van der Waals surface area contributed by atoms with E-state index in [-0.39, 0.29) is 11.9 Å². The molecule has 0 aliphatic carbocycles. The molecular formula is C18H17N3O4. The number of aromatic nitrogens is 3. The molecule has 7 heteroatoms. The number of aromatic hydroxyl groups is 1. The molecule has 0 spiro atoms. The van der Waals surface area contributed by atoms with Crippen molar-refractivity contribution in [3.05, 3.63) is 57.2 Å². The smallest absolute Gasteiger partial charge is 0.330 e. The van der Waals surface area contributed by atoms with Crippen LogP contribution in [0, 0.1) is 0 Å². The summed E-state index contributed by atoms with van der Waals surface area (Å²) in [6.07, 6.45) is 1.76. The molecule has 0 saturated carbocycles. The molecule has 2 aromatic heterocycles. The standard InChI is InChI=1S/C18H17N3O4/c22-15-6-2-1-5-12(15)14-8-7-13-16(19-14)21(18(24)20-17(13)23)10-11-4-3-9-25-11/h1-2,5-8,11,22H,3-4,9-10H2,(H,20,23,24). The maximum Gasteiger partial charge on any atom is 0.330 e. The summed E-state index contributed by atoms with van der Waals surface area (Å²) < 4.78 is 7.05. The summed E-state index contributed by atoms with van der Waals surface area (Å²) in [5.41, 5.74) is 0.359. The second-order valence-electron chi connectivity index (χ2n) is 6.09. The summed E-state index contributed by atoms with van der Waals surface area (Å²) >= 11 is 0. The summed E-state index contributed by atoms with van der Waals surface area (Å²) in [5, 5.41) is 10.4. The second kappa shape index (κ2) is 6.18. The molecule has 1 aromatic carbocycles. The molecule has 1 atom stereocenters. The zero-order valence-corrected chi connectivity index (χ0v) is 13.4. The van der Waals surface area contributed by atoms with E-state index in [9.17, 15) is 14.7 Å². The highest BCUT2D eigenvalue weighted by molar-refractivity contribution is 5.79. The highest BCUT2D eigenvalue weighted by Crippen LogP contribution is 2.28. The number of phenols is 1. The van der Waals surface area contributed by atoms with E-state index in [0.717, 1.165) is 12.8 Å². The number of H-pyrrole nitrogens is 1. The molecule has 1 saturated heterocycles. The predicted octanol–water partition coefficient (Wildman–Crippen LogP) is 1.64.